The number of ether oxygens (including phenoxy) is 2. The summed E-state index contributed by atoms with van der Waals surface area (Å²) in [5.41, 5.74) is 2.63. The fourth-order valence-corrected chi connectivity index (χ4v) is 2.21. The molecule has 0 aromatic heterocycles. The molecule has 0 fully saturated rings. The first-order valence-corrected chi connectivity index (χ1v) is 8.50. The molecule has 2 aromatic carbocycles. The van der Waals surface area contributed by atoms with E-state index < -0.39 is 5.97 Å². The highest BCUT2D eigenvalue weighted by molar-refractivity contribution is 5.90. The van der Waals surface area contributed by atoms with Crippen LogP contribution in [0.2, 0.25) is 0 Å². The maximum absolute atomic E-state index is 12.0. The Morgan fingerprint density at radius 3 is 2.04 bits per heavy atom. The molecule has 25 heavy (non-hydrogen) atoms. The van der Waals surface area contributed by atoms with Crippen LogP contribution in [-0.4, -0.2) is 29.9 Å². The highest BCUT2D eigenvalue weighted by Gasteiger charge is 2.25. The third-order valence-electron chi connectivity index (χ3n) is 4.18. The van der Waals surface area contributed by atoms with Crippen molar-refractivity contribution in [1.29, 1.82) is 0 Å². The zero-order valence-corrected chi connectivity index (χ0v) is 14.9. The number of esters is 2. The molecule has 0 aliphatic heterocycles. The Morgan fingerprint density at radius 2 is 1.44 bits per heavy atom. The van der Waals surface area contributed by atoms with Gasteiger partial charge in [-0.25, -0.2) is 4.79 Å². The van der Waals surface area contributed by atoms with E-state index in [1.54, 1.807) is 12.1 Å². The van der Waals surface area contributed by atoms with Gasteiger partial charge in [0.05, 0.1) is 5.56 Å². The summed E-state index contributed by atoms with van der Waals surface area (Å²) in [6, 6.07) is 17.2. The number of hydrogen-bond acceptors (Lipinski definition) is 3. The summed E-state index contributed by atoms with van der Waals surface area (Å²) in [5.74, 6) is -0.190. The minimum atomic E-state index is -0.403. The lowest BCUT2D eigenvalue weighted by atomic mass is 9.99. The van der Waals surface area contributed by atoms with Crippen LogP contribution in [0.3, 0.4) is 0 Å². The van der Waals surface area contributed by atoms with Gasteiger partial charge in [0, 0.05) is 0 Å². The molecular formula is C21H25O4+. The zero-order valence-electron chi connectivity index (χ0n) is 14.9. The van der Waals surface area contributed by atoms with Crippen molar-refractivity contribution in [1.82, 2.24) is 0 Å². The van der Waals surface area contributed by atoms with Crippen molar-refractivity contribution < 1.29 is 19.1 Å². The van der Waals surface area contributed by atoms with Crippen molar-refractivity contribution in [3.63, 3.8) is 0 Å². The van der Waals surface area contributed by atoms with Crippen LogP contribution in [0.5, 0.6) is 0 Å². The van der Waals surface area contributed by atoms with Gasteiger partial charge in [0.25, 0.3) is 0 Å². The van der Waals surface area contributed by atoms with Crippen LogP contribution < -0.4 is 0 Å². The SMILES string of the molecule is CC(C)C(C)C(=[OH+])OCCOC(=O)c1ccc(-c2ccccc2)cc1. The van der Waals surface area contributed by atoms with Gasteiger partial charge in [-0.15, -0.1) is 0 Å². The largest absolute Gasteiger partial charge is 0.485 e. The van der Waals surface area contributed by atoms with Crippen molar-refractivity contribution in [2.75, 3.05) is 13.2 Å². The Balaban J connectivity index is 1.80. The molecule has 4 heteroatoms. The second-order valence-corrected chi connectivity index (χ2v) is 6.30. The van der Waals surface area contributed by atoms with E-state index in [9.17, 15) is 9.59 Å². The van der Waals surface area contributed by atoms with E-state index >= 15 is 0 Å². The predicted octanol–water partition coefficient (Wildman–Crippen LogP) is 4.32. The standard InChI is InChI=1S/C21H24O4/c1-15(2)16(3)20(22)24-13-14-25-21(23)19-11-9-18(10-12-19)17-7-5-4-6-8-17/h4-12,15-16H,13-14H2,1-3H3/p+1. The van der Waals surface area contributed by atoms with Crippen molar-refractivity contribution in [2.24, 2.45) is 11.8 Å². The maximum Gasteiger partial charge on any atom is 0.485 e. The van der Waals surface area contributed by atoms with Crippen LogP contribution in [0.1, 0.15) is 31.1 Å². The van der Waals surface area contributed by atoms with Gasteiger partial charge < -0.3 is 14.3 Å². The number of hydrogen-bond donors (Lipinski definition) is 0. The Hall–Kier alpha value is -2.62. The summed E-state index contributed by atoms with van der Waals surface area (Å²) in [6.07, 6.45) is 0. The third-order valence-corrected chi connectivity index (χ3v) is 4.18. The molecule has 0 saturated heterocycles. The number of carbonyl (C=O) groups excluding carboxylic acids is 2. The second-order valence-electron chi connectivity index (χ2n) is 6.30. The van der Waals surface area contributed by atoms with Crippen molar-refractivity contribution >= 4 is 11.9 Å². The molecule has 1 unspecified atom stereocenters. The molecule has 2 aromatic rings. The van der Waals surface area contributed by atoms with Gasteiger partial charge in [-0.05, 0) is 36.1 Å². The lowest BCUT2D eigenvalue weighted by molar-refractivity contribution is 0.0428. The highest BCUT2D eigenvalue weighted by atomic mass is 16.6. The summed E-state index contributed by atoms with van der Waals surface area (Å²) in [4.78, 5) is 21.8. The van der Waals surface area contributed by atoms with Gasteiger partial charge >= 0.3 is 11.9 Å². The topological polar surface area (TPSA) is 56.9 Å². The molecule has 0 aliphatic rings. The minimum absolute atomic E-state index is 0.0155. The van der Waals surface area contributed by atoms with Gasteiger partial charge in [-0.1, -0.05) is 56.3 Å². The molecule has 0 aliphatic carbocycles. The molecule has 0 amide bonds. The van der Waals surface area contributed by atoms with Gasteiger partial charge in [-0.3, -0.25) is 0 Å². The smallest absolute Gasteiger partial charge is 0.456 e. The second kappa shape index (κ2) is 9.02. The average Bonchev–Trinajstić information content (AvgIpc) is 2.65. The minimum Gasteiger partial charge on any atom is -0.456 e. The Labute approximate surface area is 148 Å². The molecule has 132 valence electrons. The number of carbonyl (C=O) groups is 1. The van der Waals surface area contributed by atoms with Crippen molar-refractivity contribution in [3.05, 3.63) is 60.2 Å². The molecule has 0 radical (unpaired) electrons. The lowest BCUT2D eigenvalue weighted by Gasteiger charge is -2.08. The number of rotatable bonds is 7. The quantitative estimate of drug-likeness (QED) is 0.428. The summed E-state index contributed by atoms with van der Waals surface area (Å²) in [6.45, 7) is 6.12. The van der Waals surface area contributed by atoms with E-state index in [0.717, 1.165) is 11.1 Å². The van der Waals surface area contributed by atoms with E-state index in [1.165, 1.54) is 0 Å². The molecule has 4 nitrogen and oxygen atoms in total. The Kier molecular flexibility index (Phi) is 6.75. The summed E-state index contributed by atoms with van der Waals surface area (Å²) < 4.78 is 10.4. The molecule has 0 spiro atoms. The first kappa shape index (κ1) is 18.7. The van der Waals surface area contributed by atoms with E-state index in [0.29, 0.717) is 5.56 Å². The van der Waals surface area contributed by atoms with Crippen LogP contribution in [-0.2, 0) is 9.47 Å². The maximum atomic E-state index is 12.0. The third kappa shape index (κ3) is 5.45. The van der Waals surface area contributed by atoms with Crippen LogP contribution in [0.15, 0.2) is 54.6 Å². The predicted molar refractivity (Wildman–Crippen MR) is 99.1 cm³/mol. The normalized spacial score (nSPS) is 11.8. The van der Waals surface area contributed by atoms with Gasteiger partial charge in [0.1, 0.15) is 5.92 Å². The monoisotopic (exact) mass is 341 g/mol. The average molecular weight is 341 g/mol. The fourth-order valence-electron chi connectivity index (χ4n) is 2.21. The van der Waals surface area contributed by atoms with Crippen LogP contribution in [0.4, 0.5) is 0 Å². The van der Waals surface area contributed by atoms with Crippen molar-refractivity contribution in [2.45, 2.75) is 20.8 Å². The number of benzene rings is 2. The Bertz CT molecular complexity index is 690. The van der Waals surface area contributed by atoms with Crippen LogP contribution in [0, 0.1) is 11.8 Å². The molecule has 0 bridgehead atoms. The zero-order chi connectivity index (χ0) is 18.2. The van der Waals surface area contributed by atoms with Crippen LogP contribution in [0.25, 0.3) is 11.1 Å². The Morgan fingerprint density at radius 1 is 0.880 bits per heavy atom. The fraction of sp³-hybridized carbons (Fsp3) is 0.333. The molecular weight excluding hydrogens is 316 g/mol. The molecule has 1 atom stereocenters. The molecule has 2 rings (SSSR count). The van der Waals surface area contributed by atoms with Gasteiger partial charge in [-0.2, -0.15) is 0 Å². The molecule has 0 heterocycles. The molecule has 1 N–H and O–H groups in total. The highest BCUT2D eigenvalue weighted by Crippen LogP contribution is 2.19. The lowest BCUT2D eigenvalue weighted by Crippen LogP contribution is -2.22. The summed E-state index contributed by atoms with van der Waals surface area (Å²) >= 11 is 0. The van der Waals surface area contributed by atoms with Gasteiger partial charge in [0.2, 0.25) is 6.61 Å². The first-order chi connectivity index (χ1) is 12.0. The van der Waals surface area contributed by atoms with E-state index in [4.69, 9.17) is 9.47 Å². The van der Waals surface area contributed by atoms with E-state index in [-0.39, 0.29) is 31.0 Å². The van der Waals surface area contributed by atoms with E-state index in [2.05, 4.69) is 0 Å². The summed E-state index contributed by atoms with van der Waals surface area (Å²) in [7, 11) is 0. The summed E-state index contributed by atoms with van der Waals surface area (Å²) in [5, 5.41) is 0. The first-order valence-electron chi connectivity index (χ1n) is 8.50. The van der Waals surface area contributed by atoms with E-state index in [1.807, 2.05) is 63.2 Å². The van der Waals surface area contributed by atoms with Crippen molar-refractivity contribution in [3.8, 4) is 11.1 Å². The van der Waals surface area contributed by atoms with Gasteiger partial charge in [0.15, 0.2) is 6.61 Å². The molecule has 0 saturated carbocycles. The van der Waals surface area contributed by atoms with Crippen LogP contribution >= 0.6 is 0 Å².